The van der Waals surface area contributed by atoms with E-state index in [1.54, 1.807) is 48.3 Å². The summed E-state index contributed by atoms with van der Waals surface area (Å²) in [6.07, 6.45) is 20.0. The van der Waals surface area contributed by atoms with Crippen LogP contribution in [0.2, 0.25) is 0 Å². The Hall–Kier alpha value is -7.36. The van der Waals surface area contributed by atoms with Crippen molar-refractivity contribution in [3.8, 4) is 5.75 Å². The van der Waals surface area contributed by atoms with Crippen LogP contribution in [-0.4, -0.2) is 52.0 Å². The van der Waals surface area contributed by atoms with Crippen LogP contribution in [0, 0.1) is 5.82 Å². The first-order chi connectivity index (χ1) is 30.9. The number of amides is 2. The Morgan fingerprint density at radius 3 is 2.06 bits per heavy atom. The molecular weight excluding hydrogens is 834 g/mol. The van der Waals surface area contributed by atoms with Gasteiger partial charge in [-0.1, -0.05) is 36.4 Å². The molecular formula is C48H40FN9O3S2. The lowest BCUT2D eigenvalue weighted by molar-refractivity contribution is 0.101. The van der Waals surface area contributed by atoms with Crippen molar-refractivity contribution in [2.24, 2.45) is 0 Å². The van der Waals surface area contributed by atoms with Crippen LogP contribution in [0.5, 0.6) is 5.75 Å². The average molecular weight is 874 g/mol. The maximum Gasteiger partial charge on any atom is 0.274 e. The van der Waals surface area contributed by atoms with Crippen molar-refractivity contribution in [2.75, 3.05) is 10.6 Å². The van der Waals surface area contributed by atoms with Gasteiger partial charge in [-0.25, -0.2) is 19.3 Å². The quantitative estimate of drug-likeness (QED) is 0.104. The zero-order chi connectivity index (χ0) is 43.0. The van der Waals surface area contributed by atoms with Crippen LogP contribution >= 0.6 is 22.7 Å². The number of carbonyl (C=O) groups is 2. The van der Waals surface area contributed by atoms with Crippen molar-refractivity contribution < 1.29 is 18.7 Å². The van der Waals surface area contributed by atoms with Crippen molar-refractivity contribution in [3.05, 3.63) is 190 Å². The Bertz CT molecular complexity index is 2900. The molecule has 0 bridgehead atoms. The largest absolute Gasteiger partial charge is 0.488 e. The lowest BCUT2D eigenvalue weighted by atomic mass is 9.99. The van der Waals surface area contributed by atoms with Crippen molar-refractivity contribution in [3.63, 3.8) is 0 Å². The number of hydrogen-bond acceptors (Lipinski definition) is 10. The first-order valence-corrected chi connectivity index (χ1v) is 22.1. The molecule has 0 spiro atoms. The highest BCUT2D eigenvalue weighted by Gasteiger charge is 2.32. The van der Waals surface area contributed by atoms with E-state index in [4.69, 9.17) is 9.72 Å². The van der Waals surface area contributed by atoms with Crippen LogP contribution < -0.4 is 15.4 Å². The van der Waals surface area contributed by atoms with Gasteiger partial charge in [-0.3, -0.25) is 30.2 Å². The molecule has 2 N–H and O–H groups in total. The Morgan fingerprint density at radius 1 is 0.730 bits per heavy atom. The van der Waals surface area contributed by atoms with Gasteiger partial charge in [-0.05, 0) is 103 Å². The number of halogens is 1. The lowest BCUT2D eigenvalue weighted by Crippen LogP contribution is -2.21. The first kappa shape index (κ1) is 41.0. The second kappa shape index (κ2) is 19.1. The van der Waals surface area contributed by atoms with Crippen molar-refractivity contribution in [2.45, 2.75) is 44.4 Å². The number of ether oxygens (including phenoxy) is 1. The predicted octanol–water partition coefficient (Wildman–Crippen LogP) is 10.2. The molecule has 0 saturated heterocycles. The molecule has 7 aromatic heterocycles. The van der Waals surface area contributed by atoms with Gasteiger partial charge in [-0.2, -0.15) is 0 Å². The van der Waals surface area contributed by atoms with Crippen molar-refractivity contribution in [1.82, 2.24) is 34.1 Å². The Balaban J connectivity index is 0.791. The minimum Gasteiger partial charge on any atom is -0.488 e. The molecule has 1 aliphatic rings. The highest BCUT2D eigenvalue weighted by molar-refractivity contribution is 7.14. The fourth-order valence-corrected chi connectivity index (χ4v) is 8.81. The van der Waals surface area contributed by atoms with Crippen molar-refractivity contribution in [1.29, 1.82) is 0 Å². The molecule has 314 valence electrons. The molecule has 2 amide bonds. The number of anilines is 2. The summed E-state index contributed by atoms with van der Waals surface area (Å²) in [6, 6.07) is 26.4. The van der Waals surface area contributed by atoms with Gasteiger partial charge >= 0.3 is 0 Å². The molecule has 12 nitrogen and oxygen atoms in total. The van der Waals surface area contributed by atoms with E-state index in [1.807, 2.05) is 99.7 Å². The molecule has 0 aliphatic heterocycles. The molecule has 7 heterocycles. The van der Waals surface area contributed by atoms with E-state index >= 15 is 4.39 Å². The van der Waals surface area contributed by atoms with Gasteiger partial charge in [0.1, 0.15) is 23.2 Å². The van der Waals surface area contributed by atoms with E-state index in [1.165, 1.54) is 34.9 Å². The Labute approximate surface area is 370 Å². The molecule has 1 fully saturated rings. The van der Waals surface area contributed by atoms with Crippen LogP contribution in [-0.2, 0) is 13.1 Å². The average Bonchev–Trinajstić information content (AvgIpc) is 4.17. The second-order valence-corrected chi connectivity index (χ2v) is 16.6. The monoisotopic (exact) mass is 873 g/mol. The maximum absolute atomic E-state index is 15.4. The molecule has 1 aliphatic carbocycles. The molecule has 2 atom stereocenters. The van der Waals surface area contributed by atoms with Gasteiger partial charge in [0.05, 0.1) is 23.3 Å². The number of thiazole rings is 2. The third-order valence-corrected chi connectivity index (χ3v) is 12.1. The van der Waals surface area contributed by atoms with Crippen LogP contribution in [0.15, 0.2) is 133 Å². The predicted molar refractivity (Wildman–Crippen MR) is 245 cm³/mol. The summed E-state index contributed by atoms with van der Waals surface area (Å²) in [5, 5.41) is 10.4. The van der Waals surface area contributed by atoms with Crippen LogP contribution in [0.4, 0.5) is 14.7 Å². The summed E-state index contributed by atoms with van der Waals surface area (Å²) >= 11 is 2.65. The van der Waals surface area contributed by atoms with E-state index in [9.17, 15) is 9.59 Å². The number of nitrogens with one attached hydrogen (secondary N) is 2. The molecule has 2 unspecified atom stereocenters. The van der Waals surface area contributed by atoms with Crippen molar-refractivity contribution >= 4 is 69.1 Å². The van der Waals surface area contributed by atoms with Gasteiger partial charge in [0.15, 0.2) is 16.1 Å². The number of carbonyl (C=O) groups excluding carboxylic acids is 2. The second-order valence-electron chi connectivity index (χ2n) is 14.9. The highest BCUT2D eigenvalue weighted by atomic mass is 32.1. The number of rotatable bonds is 15. The number of benzene rings is 1. The van der Waals surface area contributed by atoms with Gasteiger partial charge in [-0.15, -0.1) is 22.7 Å². The summed E-state index contributed by atoms with van der Waals surface area (Å²) < 4.78 is 25.5. The summed E-state index contributed by atoms with van der Waals surface area (Å²) in [5.41, 5.74) is 6.45. The maximum atomic E-state index is 15.4. The molecule has 1 saturated carbocycles. The lowest BCUT2D eigenvalue weighted by Gasteiger charge is -2.21. The first-order valence-electron chi connectivity index (χ1n) is 20.3. The van der Waals surface area contributed by atoms with Gasteiger partial charge in [0.2, 0.25) is 0 Å². The number of pyridine rings is 3. The van der Waals surface area contributed by atoms with E-state index in [0.29, 0.717) is 46.2 Å². The zero-order valence-corrected chi connectivity index (χ0v) is 35.4. The molecule has 15 heteroatoms. The summed E-state index contributed by atoms with van der Waals surface area (Å²) in [4.78, 5) is 48.6. The van der Waals surface area contributed by atoms with Gasteiger partial charge in [0, 0.05) is 72.5 Å². The van der Waals surface area contributed by atoms with Gasteiger partial charge in [0.25, 0.3) is 11.8 Å². The van der Waals surface area contributed by atoms with E-state index < -0.39 is 5.82 Å². The normalized spacial score (nSPS) is 15.0. The third-order valence-electron chi connectivity index (χ3n) is 10.5. The van der Waals surface area contributed by atoms with E-state index in [-0.39, 0.29) is 29.5 Å². The van der Waals surface area contributed by atoms with E-state index in [0.717, 1.165) is 47.3 Å². The third kappa shape index (κ3) is 10.2. The molecule has 9 rings (SSSR count). The molecule has 63 heavy (non-hydrogen) atoms. The highest BCUT2D eigenvalue weighted by Crippen LogP contribution is 2.37. The summed E-state index contributed by atoms with van der Waals surface area (Å²) in [5.74, 6) is -0.711. The minimum atomic E-state index is -0.529. The topological polar surface area (TPSA) is 142 Å². The SMILES string of the molecule is O=C(Nc1nc(/C=C/c2ncc(OC3CCCC3c3cc(Cn4cccc4C(=O)Nc4nc(/C=C/c5ccccc5)cs4)ccn3)cc2F)cs1)c1cccn1Cc1ccncc1. The Morgan fingerprint density at radius 2 is 1.38 bits per heavy atom. The van der Waals surface area contributed by atoms with Crippen LogP contribution in [0.25, 0.3) is 24.3 Å². The zero-order valence-electron chi connectivity index (χ0n) is 33.8. The van der Waals surface area contributed by atoms with Crippen LogP contribution in [0.1, 0.15) is 85.6 Å². The summed E-state index contributed by atoms with van der Waals surface area (Å²) in [7, 11) is 0. The molecule has 8 aromatic rings. The van der Waals surface area contributed by atoms with E-state index in [2.05, 4.69) is 36.6 Å². The number of nitrogens with zero attached hydrogens (tertiary/aromatic N) is 7. The molecule has 1 aromatic carbocycles. The number of hydrogen-bond donors (Lipinski definition) is 2. The Kier molecular flexibility index (Phi) is 12.5. The minimum absolute atomic E-state index is 0.000106. The standard InChI is InChI=1S/C48H40FN9O3S2/c49-39-26-37(27-52-40(39)16-15-36-31-63-48(54-36)55-45(59)42-10-5-23-57(42)28-33-17-20-50-21-18-33)61-44-12-4-9-38(44)41-25-34(19-22-51-41)29-58-24-6-11-43(58)46(60)56-47-53-35(30-62-47)14-13-32-7-2-1-3-8-32/h1-3,5-8,10-11,13-27,30-31,38,44H,4,9,12,28-29H2,(H,53,56,60)(H,54,55,59)/b14-13+,16-15+. The number of aromatic nitrogens is 7. The fraction of sp³-hybridized carbons (Fsp3) is 0.146. The fourth-order valence-electron chi connectivity index (χ4n) is 7.46. The summed E-state index contributed by atoms with van der Waals surface area (Å²) in [6.45, 7) is 1.00. The smallest absolute Gasteiger partial charge is 0.274 e. The van der Waals surface area contributed by atoms with Gasteiger partial charge < -0.3 is 13.9 Å². The molecule has 0 radical (unpaired) electrons. The van der Waals surface area contributed by atoms with Crippen LogP contribution in [0.3, 0.4) is 0 Å².